The Morgan fingerprint density at radius 1 is 0.862 bits per heavy atom. The Hall–Kier alpha value is 0.810. The first-order chi connectivity index (χ1) is 12.7. The van der Waals surface area contributed by atoms with Gasteiger partial charge in [-0.15, -0.1) is 0 Å². The first-order valence-electron chi connectivity index (χ1n) is 9.71. The zero-order chi connectivity index (χ0) is 20.8. The zero-order valence-electron chi connectivity index (χ0n) is 16.4. The van der Waals surface area contributed by atoms with Crippen LogP contribution in [-0.2, 0) is 29.2 Å². The summed E-state index contributed by atoms with van der Waals surface area (Å²) in [5, 5.41) is 8.88. The van der Waals surface area contributed by atoms with Crippen LogP contribution in [-0.4, -0.2) is 107 Å². The monoisotopic (exact) mass is 458 g/mol. The topological polar surface area (TPSA) is 127 Å². The predicted octanol–water partition coefficient (Wildman–Crippen LogP) is 2.25. The van der Waals surface area contributed by atoms with Crippen molar-refractivity contribution < 1.29 is 37.1 Å². The van der Waals surface area contributed by atoms with E-state index in [2.05, 4.69) is 6.92 Å². The summed E-state index contributed by atoms with van der Waals surface area (Å²) in [6.45, 7) is 3.24. The Kier molecular flexibility index (Phi) is 23.1. The first kappa shape index (κ1) is 34.4. The molecule has 164 valence electrons. The van der Waals surface area contributed by atoms with Crippen molar-refractivity contribution in [2.75, 3.05) is 13.2 Å². The van der Waals surface area contributed by atoms with Crippen LogP contribution in [0.1, 0.15) is 84.5 Å². The molecule has 1 atom stereocenters. The van der Waals surface area contributed by atoms with Crippen molar-refractivity contribution in [1.29, 1.82) is 0 Å². The zero-order valence-corrected chi connectivity index (χ0v) is 17.3. The number of aliphatic carboxylic acids is 1. The quantitative estimate of drug-likeness (QED) is 0.147. The molecule has 0 aliphatic heterocycles. The Morgan fingerprint density at radius 3 is 1.69 bits per heavy atom. The fourth-order valence-electron chi connectivity index (χ4n) is 2.75. The van der Waals surface area contributed by atoms with Crippen LogP contribution in [0.2, 0.25) is 0 Å². The van der Waals surface area contributed by atoms with Crippen LogP contribution in [0.25, 0.3) is 0 Å². The number of carbonyl (C=O) groups is 2. The molecule has 0 rings (SSSR count). The molecule has 0 aromatic heterocycles. The van der Waals surface area contributed by atoms with E-state index < -0.39 is 33.4 Å². The number of unbranched alkanes of at least 4 members (excludes halogenated alkanes) is 9. The van der Waals surface area contributed by atoms with Gasteiger partial charge in [0.15, 0.2) is 0 Å². The van der Waals surface area contributed by atoms with Crippen LogP contribution in [0.4, 0.5) is 0 Å². The molecule has 0 aliphatic carbocycles. The van der Waals surface area contributed by atoms with Gasteiger partial charge in [-0.05, 0) is 13.3 Å². The molecule has 0 heterocycles. The molecular weight excluding hydrogens is 422 g/mol. The SMILES string of the molecule is CCCCCCCCCCCCOC(=O)C(CC(=O)O)(OCC)S(=O)(=O)O.[NaH].[NaH]. The summed E-state index contributed by atoms with van der Waals surface area (Å²) in [6.07, 6.45) is 9.61. The molecule has 0 amide bonds. The van der Waals surface area contributed by atoms with E-state index in [0.29, 0.717) is 6.42 Å². The summed E-state index contributed by atoms with van der Waals surface area (Å²) in [6, 6.07) is 0. The van der Waals surface area contributed by atoms with Crippen LogP contribution < -0.4 is 0 Å². The number of hydrogen-bond donors (Lipinski definition) is 2. The Labute approximate surface area is 219 Å². The molecule has 2 N–H and O–H groups in total. The van der Waals surface area contributed by atoms with Gasteiger partial charge in [-0.25, -0.2) is 4.79 Å². The van der Waals surface area contributed by atoms with Crippen molar-refractivity contribution in [2.24, 2.45) is 0 Å². The summed E-state index contributed by atoms with van der Waals surface area (Å²) in [7, 11) is -5.13. The normalized spacial score (nSPS) is 12.9. The third-order valence-electron chi connectivity index (χ3n) is 4.22. The standard InChI is InChI=1S/C18H34O8S.2Na.2H/c1-3-5-6-7-8-9-10-11-12-13-14-25-17(21)18(26-4-2,15-16(19)20)27(22,23)24;;;;/h3-15H2,1-2H3,(H,19,20)(H,22,23,24);;;;. The number of carboxylic acids is 1. The summed E-state index contributed by atoms with van der Waals surface area (Å²) in [5.41, 5.74) is 0. The van der Waals surface area contributed by atoms with E-state index >= 15 is 0 Å². The average molecular weight is 459 g/mol. The van der Waals surface area contributed by atoms with E-state index in [9.17, 15) is 22.6 Å². The van der Waals surface area contributed by atoms with Crippen LogP contribution in [0.5, 0.6) is 0 Å². The molecule has 0 spiro atoms. The Morgan fingerprint density at radius 2 is 1.31 bits per heavy atom. The molecular formula is C18H36Na2O8S. The van der Waals surface area contributed by atoms with Gasteiger partial charge in [0.2, 0.25) is 0 Å². The van der Waals surface area contributed by atoms with Crippen molar-refractivity contribution in [3.05, 3.63) is 0 Å². The second kappa shape index (κ2) is 19.5. The van der Waals surface area contributed by atoms with Gasteiger partial charge in [0.25, 0.3) is 0 Å². The molecule has 0 aliphatic rings. The second-order valence-electron chi connectivity index (χ2n) is 6.55. The van der Waals surface area contributed by atoms with Crippen molar-refractivity contribution >= 4 is 81.2 Å². The number of carbonyl (C=O) groups excluding carboxylic acids is 1. The summed E-state index contributed by atoms with van der Waals surface area (Å²) in [4.78, 5) is 20.2. The minimum absolute atomic E-state index is 0. The van der Waals surface area contributed by atoms with Crippen LogP contribution in [0, 0.1) is 0 Å². The third-order valence-corrected chi connectivity index (χ3v) is 5.48. The van der Waals surface area contributed by atoms with E-state index in [0.717, 1.165) is 19.3 Å². The fourth-order valence-corrected chi connectivity index (χ4v) is 3.59. The second-order valence-corrected chi connectivity index (χ2v) is 8.16. The van der Waals surface area contributed by atoms with Gasteiger partial charge in [-0.2, -0.15) is 8.42 Å². The molecule has 0 fully saturated rings. The van der Waals surface area contributed by atoms with Crippen molar-refractivity contribution in [2.45, 2.75) is 89.4 Å². The van der Waals surface area contributed by atoms with Gasteiger partial charge in [0.1, 0.15) is 6.42 Å². The molecule has 8 nitrogen and oxygen atoms in total. The van der Waals surface area contributed by atoms with Crippen LogP contribution in [0.3, 0.4) is 0 Å². The summed E-state index contributed by atoms with van der Waals surface area (Å²) >= 11 is 0. The van der Waals surface area contributed by atoms with Gasteiger partial charge >= 0.3 is 86.1 Å². The van der Waals surface area contributed by atoms with E-state index in [-0.39, 0.29) is 72.3 Å². The van der Waals surface area contributed by atoms with Crippen molar-refractivity contribution in [3.63, 3.8) is 0 Å². The van der Waals surface area contributed by atoms with Gasteiger partial charge < -0.3 is 14.6 Å². The number of ether oxygens (including phenoxy) is 2. The predicted molar refractivity (Wildman–Crippen MR) is 115 cm³/mol. The van der Waals surface area contributed by atoms with Crippen molar-refractivity contribution in [1.82, 2.24) is 0 Å². The maximum absolute atomic E-state index is 12.1. The number of rotatable bonds is 17. The molecule has 0 aromatic carbocycles. The van der Waals surface area contributed by atoms with Gasteiger partial charge in [0, 0.05) is 6.61 Å². The number of hydrogen-bond acceptors (Lipinski definition) is 6. The number of carboxylic acid groups (broad SMARTS) is 1. The molecule has 0 bridgehead atoms. The van der Waals surface area contributed by atoms with E-state index in [1.165, 1.54) is 45.4 Å². The van der Waals surface area contributed by atoms with E-state index in [4.69, 9.17) is 14.6 Å². The maximum atomic E-state index is 12.1. The van der Waals surface area contributed by atoms with Gasteiger partial charge in [-0.1, -0.05) is 64.7 Å². The first-order valence-corrected chi connectivity index (χ1v) is 11.1. The molecule has 0 saturated carbocycles. The Bertz CT molecular complexity index is 542. The van der Waals surface area contributed by atoms with Crippen molar-refractivity contribution in [3.8, 4) is 0 Å². The molecule has 0 aromatic rings. The van der Waals surface area contributed by atoms with E-state index in [1.54, 1.807) is 0 Å². The van der Waals surface area contributed by atoms with Gasteiger partial charge in [0.05, 0.1) is 6.61 Å². The van der Waals surface area contributed by atoms with Crippen LogP contribution >= 0.6 is 0 Å². The summed E-state index contributed by atoms with van der Waals surface area (Å²) in [5.74, 6) is -3.00. The third kappa shape index (κ3) is 14.5. The van der Waals surface area contributed by atoms with E-state index in [1.807, 2.05) is 0 Å². The average Bonchev–Trinajstić information content (AvgIpc) is 2.57. The fraction of sp³-hybridized carbons (Fsp3) is 0.889. The van der Waals surface area contributed by atoms with Crippen LogP contribution in [0.15, 0.2) is 0 Å². The number of esters is 1. The minimum atomic E-state index is -5.13. The Balaban J connectivity index is -0.00000338. The molecule has 0 saturated heterocycles. The summed E-state index contributed by atoms with van der Waals surface area (Å²) < 4.78 is 42.2. The molecule has 1 unspecified atom stereocenters. The van der Waals surface area contributed by atoms with Gasteiger partial charge in [-0.3, -0.25) is 9.35 Å². The molecule has 11 heteroatoms. The molecule has 0 radical (unpaired) electrons. The molecule has 29 heavy (non-hydrogen) atoms.